The van der Waals surface area contributed by atoms with Gasteiger partial charge in [0, 0.05) is 29.9 Å². The molecule has 0 spiro atoms. The third-order valence-electron chi connectivity index (χ3n) is 2.96. The van der Waals surface area contributed by atoms with Crippen molar-refractivity contribution in [1.29, 1.82) is 0 Å². The first-order valence-electron chi connectivity index (χ1n) is 6.07. The van der Waals surface area contributed by atoms with E-state index in [4.69, 9.17) is 17.3 Å². The fourth-order valence-corrected chi connectivity index (χ4v) is 2.24. The zero-order valence-electron chi connectivity index (χ0n) is 10.3. The maximum absolute atomic E-state index is 5.92. The maximum Gasteiger partial charge on any atom is 0.160 e. The third kappa shape index (κ3) is 2.20. The van der Waals surface area contributed by atoms with Crippen LogP contribution < -0.4 is 5.73 Å². The van der Waals surface area contributed by atoms with E-state index in [1.807, 2.05) is 41.0 Å². The highest BCUT2D eigenvalue weighted by Crippen LogP contribution is 2.24. The van der Waals surface area contributed by atoms with Crippen LogP contribution in [0.4, 0.5) is 0 Å². The van der Waals surface area contributed by atoms with Gasteiger partial charge in [0.1, 0.15) is 11.3 Å². The number of hydrogen-bond donors (Lipinski definition) is 1. The predicted molar refractivity (Wildman–Crippen MR) is 77.0 cm³/mol. The van der Waals surface area contributed by atoms with Crippen molar-refractivity contribution in [3.63, 3.8) is 0 Å². The summed E-state index contributed by atoms with van der Waals surface area (Å²) in [5, 5.41) is 0.711. The predicted octanol–water partition coefficient (Wildman–Crippen LogP) is 2.71. The SMILES string of the molecule is NCCn1c(-c2ccc(Cl)cc2)nc2cccnc21. The number of aromatic nitrogens is 3. The second-order valence-electron chi connectivity index (χ2n) is 4.23. The molecule has 0 atom stereocenters. The highest BCUT2D eigenvalue weighted by atomic mass is 35.5. The molecular formula is C14H13ClN4. The smallest absolute Gasteiger partial charge is 0.160 e. The topological polar surface area (TPSA) is 56.7 Å². The van der Waals surface area contributed by atoms with Crippen LogP contribution in [0.5, 0.6) is 0 Å². The molecule has 19 heavy (non-hydrogen) atoms. The first kappa shape index (κ1) is 12.1. The van der Waals surface area contributed by atoms with Gasteiger partial charge in [0.25, 0.3) is 0 Å². The molecule has 2 aromatic heterocycles. The van der Waals surface area contributed by atoms with Gasteiger partial charge in [0.2, 0.25) is 0 Å². The Hall–Kier alpha value is -1.91. The molecule has 2 heterocycles. The average Bonchev–Trinajstić information content (AvgIpc) is 2.79. The van der Waals surface area contributed by atoms with Crippen LogP contribution in [-0.4, -0.2) is 21.1 Å². The molecule has 0 saturated carbocycles. The Morgan fingerprint density at radius 2 is 1.95 bits per heavy atom. The molecule has 0 aliphatic rings. The Morgan fingerprint density at radius 1 is 1.16 bits per heavy atom. The lowest BCUT2D eigenvalue weighted by atomic mass is 10.2. The monoisotopic (exact) mass is 272 g/mol. The van der Waals surface area contributed by atoms with Gasteiger partial charge in [-0.05, 0) is 36.4 Å². The molecule has 0 fully saturated rings. The van der Waals surface area contributed by atoms with Crippen molar-refractivity contribution in [1.82, 2.24) is 14.5 Å². The molecule has 2 N–H and O–H groups in total. The molecule has 0 amide bonds. The Kier molecular flexibility index (Phi) is 3.19. The molecule has 4 nitrogen and oxygen atoms in total. The lowest BCUT2D eigenvalue weighted by Crippen LogP contribution is -2.11. The van der Waals surface area contributed by atoms with Crippen molar-refractivity contribution in [2.45, 2.75) is 6.54 Å². The van der Waals surface area contributed by atoms with Crippen molar-refractivity contribution >= 4 is 22.8 Å². The van der Waals surface area contributed by atoms with Gasteiger partial charge >= 0.3 is 0 Å². The molecule has 96 valence electrons. The van der Waals surface area contributed by atoms with Crippen LogP contribution in [0.3, 0.4) is 0 Å². The van der Waals surface area contributed by atoms with Gasteiger partial charge in [-0.25, -0.2) is 9.97 Å². The molecule has 1 aromatic carbocycles. The minimum absolute atomic E-state index is 0.544. The summed E-state index contributed by atoms with van der Waals surface area (Å²) in [5.41, 5.74) is 8.43. The van der Waals surface area contributed by atoms with E-state index < -0.39 is 0 Å². The summed E-state index contributed by atoms with van der Waals surface area (Å²) in [7, 11) is 0. The number of pyridine rings is 1. The summed E-state index contributed by atoms with van der Waals surface area (Å²) in [6, 6.07) is 11.5. The molecule has 3 rings (SSSR count). The van der Waals surface area contributed by atoms with Gasteiger partial charge in [-0.1, -0.05) is 11.6 Å². The summed E-state index contributed by atoms with van der Waals surface area (Å²) in [6.45, 7) is 1.23. The van der Waals surface area contributed by atoms with Crippen LogP contribution in [0.15, 0.2) is 42.6 Å². The zero-order chi connectivity index (χ0) is 13.2. The number of halogens is 1. The number of nitrogens with two attached hydrogens (primary N) is 1. The van der Waals surface area contributed by atoms with Crippen LogP contribution in [0.2, 0.25) is 5.02 Å². The molecule has 0 aliphatic heterocycles. The Labute approximate surface area is 115 Å². The van der Waals surface area contributed by atoms with Crippen LogP contribution in [0, 0.1) is 0 Å². The molecule has 0 bridgehead atoms. The van der Waals surface area contributed by atoms with Crippen LogP contribution >= 0.6 is 11.6 Å². The minimum atomic E-state index is 0.544. The largest absolute Gasteiger partial charge is 0.329 e. The van der Waals surface area contributed by atoms with Gasteiger partial charge in [-0.15, -0.1) is 0 Å². The molecule has 3 aromatic rings. The van der Waals surface area contributed by atoms with Gasteiger partial charge in [-0.3, -0.25) is 0 Å². The normalized spacial score (nSPS) is 11.1. The fourth-order valence-electron chi connectivity index (χ4n) is 2.12. The second kappa shape index (κ2) is 4.99. The van der Waals surface area contributed by atoms with E-state index in [0.717, 1.165) is 22.6 Å². The van der Waals surface area contributed by atoms with E-state index in [1.54, 1.807) is 6.20 Å². The van der Waals surface area contributed by atoms with Crippen LogP contribution in [-0.2, 0) is 6.54 Å². The summed E-state index contributed by atoms with van der Waals surface area (Å²) in [5.74, 6) is 0.871. The van der Waals surface area contributed by atoms with Gasteiger partial charge < -0.3 is 10.3 Å². The van der Waals surface area contributed by atoms with Crippen molar-refractivity contribution < 1.29 is 0 Å². The molecular weight excluding hydrogens is 260 g/mol. The minimum Gasteiger partial charge on any atom is -0.329 e. The van der Waals surface area contributed by atoms with E-state index in [1.165, 1.54) is 0 Å². The number of rotatable bonds is 3. The highest BCUT2D eigenvalue weighted by Gasteiger charge is 2.12. The Morgan fingerprint density at radius 3 is 2.68 bits per heavy atom. The van der Waals surface area contributed by atoms with Gasteiger partial charge in [0.15, 0.2) is 5.65 Å². The van der Waals surface area contributed by atoms with E-state index in [-0.39, 0.29) is 0 Å². The first-order chi connectivity index (χ1) is 9.29. The number of hydrogen-bond acceptors (Lipinski definition) is 3. The summed E-state index contributed by atoms with van der Waals surface area (Å²) in [6.07, 6.45) is 1.77. The molecule has 0 saturated heterocycles. The average molecular weight is 273 g/mol. The van der Waals surface area contributed by atoms with Gasteiger partial charge in [0.05, 0.1) is 0 Å². The van der Waals surface area contributed by atoms with Gasteiger partial charge in [-0.2, -0.15) is 0 Å². The van der Waals surface area contributed by atoms with Crippen LogP contribution in [0.1, 0.15) is 0 Å². The number of fused-ring (bicyclic) bond motifs is 1. The van der Waals surface area contributed by atoms with E-state index in [2.05, 4.69) is 9.97 Å². The molecule has 0 aliphatic carbocycles. The van der Waals surface area contributed by atoms with E-state index >= 15 is 0 Å². The Bertz CT molecular complexity index is 703. The first-order valence-corrected chi connectivity index (χ1v) is 6.44. The number of nitrogens with zero attached hydrogens (tertiary/aromatic N) is 3. The zero-order valence-corrected chi connectivity index (χ0v) is 11.0. The summed E-state index contributed by atoms with van der Waals surface area (Å²) >= 11 is 5.92. The van der Waals surface area contributed by atoms with E-state index in [9.17, 15) is 0 Å². The number of benzene rings is 1. The maximum atomic E-state index is 5.92. The quantitative estimate of drug-likeness (QED) is 0.798. The molecule has 0 radical (unpaired) electrons. The standard InChI is InChI=1S/C14H13ClN4/c15-11-5-3-10(4-6-11)13-18-12-2-1-8-17-14(12)19(13)9-7-16/h1-6,8H,7,9,16H2. The lowest BCUT2D eigenvalue weighted by molar-refractivity contribution is 0.729. The van der Waals surface area contributed by atoms with Crippen molar-refractivity contribution in [2.24, 2.45) is 5.73 Å². The Balaban J connectivity index is 2.21. The van der Waals surface area contributed by atoms with Crippen molar-refractivity contribution in [2.75, 3.05) is 6.54 Å². The third-order valence-corrected chi connectivity index (χ3v) is 3.21. The highest BCUT2D eigenvalue weighted by molar-refractivity contribution is 6.30. The van der Waals surface area contributed by atoms with E-state index in [0.29, 0.717) is 18.1 Å². The van der Waals surface area contributed by atoms with Crippen LogP contribution in [0.25, 0.3) is 22.6 Å². The fraction of sp³-hybridized carbons (Fsp3) is 0.143. The molecule has 5 heteroatoms. The lowest BCUT2D eigenvalue weighted by Gasteiger charge is -2.06. The molecule has 0 unspecified atom stereocenters. The van der Waals surface area contributed by atoms with Crippen molar-refractivity contribution in [3.8, 4) is 11.4 Å². The van der Waals surface area contributed by atoms with Crippen molar-refractivity contribution in [3.05, 3.63) is 47.6 Å². The summed E-state index contributed by atoms with van der Waals surface area (Å²) < 4.78 is 2.04. The second-order valence-corrected chi connectivity index (χ2v) is 4.67. The number of imidazole rings is 1. The summed E-state index contributed by atoms with van der Waals surface area (Å²) in [4.78, 5) is 9.02.